The number of aromatic amines is 1. The summed E-state index contributed by atoms with van der Waals surface area (Å²) < 4.78 is 14.7. The standard InChI is InChI=1S/C11H12FN3O/c1-14-5-8(6-14)15-10-3-2-7(12)4-9(10)13-11(15)16/h2-4,8H,5-6H2,1H3,(H,13,16). The number of imidazole rings is 1. The predicted octanol–water partition coefficient (Wildman–Crippen LogP) is 0.955. The fourth-order valence-corrected chi connectivity index (χ4v) is 2.30. The molecule has 0 amide bonds. The van der Waals surface area contributed by atoms with Gasteiger partial charge in [0.15, 0.2) is 0 Å². The number of hydrogen-bond donors (Lipinski definition) is 1. The van der Waals surface area contributed by atoms with Crippen LogP contribution in [-0.2, 0) is 0 Å². The minimum absolute atomic E-state index is 0.154. The van der Waals surface area contributed by atoms with Crippen LogP contribution >= 0.6 is 0 Å². The molecule has 3 rings (SSSR count). The topological polar surface area (TPSA) is 41.0 Å². The molecule has 0 aliphatic carbocycles. The van der Waals surface area contributed by atoms with E-state index in [1.807, 2.05) is 7.05 Å². The number of benzene rings is 1. The number of likely N-dealkylation sites (N-methyl/N-ethyl adjacent to an activating group) is 1. The molecular formula is C11H12FN3O. The van der Waals surface area contributed by atoms with Crippen LogP contribution in [0.1, 0.15) is 6.04 Å². The maximum Gasteiger partial charge on any atom is 0.326 e. The van der Waals surface area contributed by atoms with E-state index in [-0.39, 0.29) is 17.5 Å². The summed E-state index contributed by atoms with van der Waals surface area (Å²) in [4.78, 5) is 16.6. The van der Waals surface area contributed by atoms with Crippen LogP contribution in [0.15, 0.2) is 23.0 Å². The van der Waals surface area contributed by atoms with Crippen molar-refractivity contribution in [1.29, 1.82) is 0 Å². The molecule has 0 unspecified atom stereocenters. The van der Waals surface area contributed by atoms with E-state index in [1.165, 1.54) is 12.1 Å². The summed E-state index contributed by atoms with van der Waals surface area (Å²) in [5, 5.41) is 0. The summed E-state index contributed by atoms with van der Waals surface area (Å²) in [7, 11) is 2.01. The fourth-order valence-electron chi connectivity index (χ4n) is 2.30. The molecule has 5 heteroatoms. The Balaban J connectivity index is 2.17. The van der Waals surface area contributed by atoms with E-state index < -0.39 is 0 Å². The molecular weight excluding hydrogens is 209 g/mol. The molecule has 1 fully saturated rings. The highest BCUT2D eigenvalue weighted by molar-refractivity contribution is 5.75. The van der Waals surface area contributed by atoms with Gasteiger partial charge in [0.1, 0.15) is 5.82 Å². The Hall–Kier alpha value is -1.62. The first-order valence-electron chi connectivity index (χ1n) is 5.23. The van der Waals surface area contributed by atoms with Crippen LogP contribution in [0, 0.1) is 5.82 Å². The number of aromatic nitrogens is 2. The van der Waals surface area contributed by atoms with Crippen molar-refractivity contribution < 1.29 is 4.39 Å². The van der Waals surface area contributed by atoms with E-state index in [1.54, 1.807) is 10.6 Å². The smallest absolute Gasteiger partial charge is 0.305 e. The molecule has 1 aromatic carbocycles. The molecule has 2 heterocycles. The van der Waals surface area contributed by atoms with E-state index >= 15 is 0 Å². The summed E-state index contributed by atoms with van der Waals surface area (Å²) in [6.45, 7) is 1.73. The SMILES string of the molecule is CN1CC(n2c(=O)[nH]c3cc(F)ccc32)C1. The predicted molar refractivity (Wildman–Crippen MR) is 59.1 cm³/mol. The third-order valence-corrected chi connectivity index (χ3v) is 3.09. The minimum Gasteiger partial charge on any atom is -0.305 e. The second kappa shape index (κ2) is 3.18. The Morgan fingerprint density at radius 1 is 1.44 bits per heavy atom. The average Bonchev–Trinajstić information content (AvgIpc) is 2.48. The van der Waals surface area contributed by atoms with Crippen LogP contribution in [0.25, 0.3) is 11.0 Å². The number of hydrogen-bond acceptors (Lipinski definition) is 2. The Morgan fingerprint density at radius 2 is 2.19 bits per heavy atom. The number of H-pyrrole nitrogens is 1. The Morgan fingerprint density at radius 3 is 2.88 bits per heavy atom. The minimum atomic E-state index is -0.327. The Labute approximate surface area is 91.3 Å². The van der Waals surface area contributed by atoms with Gasteiger partial charge in [-0.1, -0.05) is 0 Å². The van der Waals surface area contributed by atoms with E-state index in [9.17, 15) is 9.18 Å². The first kappa shape index (κ1) is 9.59. The van der Waals surface area contributed by atoms with Crippen LogP contribution in [0.4, 0.5) is 4.39 Å². The van der Waals surface area contributed by atoms with Gasteiger partial charge in [-0.3, -0.25) is 4.57 Å². The van der Waals surface area contributed by atoms with Gasteiger partial charge in [0.25, 0.3) is 0 Å². The van der Waals surface area contributed by atoms with Crippen LogP contribution in [0.2, 0.25) is 0 Å². The zero-order valence-electron chi connectivity index (χ0n) is 8.90. The van der Waals surface area contributed by atoms with Crippen molar-refractivity contribution in [3.8, 4) is 0 Å². The van der Waals surface area contributed by atoms with Gasteiger partial charge in [-0.05, 0) is 25.2 Å². The third-order valence-electron chi connectivity index (χ3n) is 3.09. The lowest BCUT2D eigenvalue weighted by molar-refractivity contribution is 0.141. The number of halogens is 1. The molecule has 0 saturated carbocycles. The van der Waals surface area contributed by atoms with Crippen molar-refractivity contribution in [2.24, 2.45) is 0 Å². The lowest BCUT2D eigenvalue weighted by atomic mass is 10.1. The summed E-state index contributed by atoms with van der Waals surface area (Å²) in [6.07, 6.45) is 0. The summed E-state index contributed by atoms with van der Waals surface area (Å²) >= 11 is 0. The molecule has 2 aromatic rings. The summed E-state index contributed by atoms with van der Waals surface area (Å²) in [5.41, 5.74) is 1.20. The molecule has 84 valence electrons. The van der Waals surface area contributed by atoms with Crippen LogP contribution in [0.5, 0.6) is 0 Å². The number of fused-ring (bicyclic) bond motifs is 1. The van der Waals surface area contributed by atoms with Gasteiger partial charge < -0.3 is 9.88 Å². The first-order valence-corrected chi connectivity index (χ1v) is 5.23. The number of likely N-dealkylation sites (tertiary alicyclic amines) is 1. The van der Waals surface area contributed by atoms with Gasteiger partial charge in [-0.15, -0.1) is 0 Å². The summed E-state index contributed by atoms with van der Waals surface area (Å²) in [6, 6.07) is 4.60. The highest BCUT2D eigenvalue weighted by atomic mass is 19.1. The average molecular weight is 221 g/mol. The fraction of sp³-hybridized carbons (Fsp3) is 0.364. The highest BCUT2D eigenvalue weighted by Gasteiger charge is 2.27. The van der Waals surface area contributed by atoms with E-state index in [0.29, 0.717) is 5.52 Å². The zero-order chi connectivity index (χ0) is 11.3. The molecule has 0 radical (unpaired) electrons. The van der Waals surface area contributed by atoms with E-state index in [0.717, 1.165) is 18.6 Å². The van der Waals surface area contributed by atoms with Crippen molar-refractivity contribution >= 4 is 11.0 Å². The highest BCUT2D eigenvalue weighted by Crippen LogP contribution is 2.22. The van der Waals surface area contributed by atoms with Crippen LogP contribution in [0.3, 0.4) is 0 Å². The van der Waals surface area contributed by atoms with Gasteiger partial charge in [-0.25, -0.2) is 9.18 Å². The van der Waals surface area contributed by atoms with Gasteiger partial charge >= 0.3 is 5.69 Å². The second-order valence-electron chi connectivity index (χ2n) is 4.34. The lowest BCUT2D eigenvalue weighted by Crippen LogP contribution is -2.47. The van der Waals surface area contributed by atoms with Crippen LogP contribution < -0.4 is 5.69 Å². The van der Waals surface area contributed by atoms with E-state index in [2.05, 4.69) is 9.88 Å². The second-order valence-corrected chi connectivity index (χ2v) is 4.34. The molecule has 1 N–H and O–H groups in total. The van der Waals surface area contributed by atoms with Crippen molar-refractivity contribution in [3.63, 3.8) is 0 Å². The number of rotatable bonds is 1. The lowest BCUT2D eigenvalue weighted by Gasteiger charge is -2.36. The molecule has 1 aliphatic rings. The Kier molecular flexibility index (Phi) is 1.91. The molecule has 1 aliphatic heterocycles. The van der Waals surface area contributed by atoms with E-state index in [4.69, 9.17) is 0 Å². The van der Waals surface area contributed by atoms with Crippen molar-refractivity contribution in [1.82, 2.24) is 14.5 Å². The van der Waals surface area contributed by atoms with Gasteiger partial charge in [0.05, 0.1) is 17.1 Å². The van der Waals surface area contributed by atoms with Crippen molar-refractivity contribution in [3.05, 3.63) is 34.5 Å². The maximum absolute atomic E-state index is 13.0. The van der Waals surface area contributed by atoms with Gasteiger partial charge in [-0.2, -0.15) is 0 Å². The first-order chi connectivity index (χ1) is 7.65. The largest absolute Gasteiger partial charge is 0.326 e. The number of nitrogens with zero attached hydrogens (tertiary/aromatic N) is 2. The quantitative estimate of drug-likeness (QED) is 0.779. The molecule has 1 saturated heterocycles. The Bertz CT molecular complexity index is 595. The zero-order valence-corrected chi connectivity index (χ0v) is 8.90. The number of nitrogens with one attached hydrogen (secondary N) is 1. The normalized spacial score (nSPS) is 17.9. The molecule has 0 bridgehead atoms. The van der Waals surface area contributed by atoms with Crippen molar-refractivity contribution in [2.75, 3.05) is 20.1 Å². The maximum atomic E-state index is 13.0. The monoisotopic (exact) mass is 221 g/mol. The molecule has 16 heavy (non-hydrogen) atoms. The van der Waals surface area contributed by atoms with Crippen LogP contribution in [-0.4, -0.2) is 34.6 Å². The molecule has 0 atom stereocenters. The summed E-state index contributed by atoms with van der Waals surface area (Å²) in [5.74, 6) is -0.327. The van der Waals surface area contributed by atoms with Crippen molar-refractivity contribution in [2.45, 2.75) is 6.04 Å². The molecule has 1 aromatic heterocycles. The molecule has 0 spiro atoms. The third kappa shape index (κ3) is 1.28. The van der Waals surface area contributed by atoms with Gasteiger partial charge in [0, 0.05) is 13.1 Å². The van der Waals surface area contributed by atoms with Gasteiger partial charge in [0.2, 0.25) is 0 Å². The molecule has 4 nitrogen and oxygen atoms in total.